The summed E-state index contributed by atoms with van der Waals surface area (Å²) in [6.07, 6.45) is 7.05. The van der Waals surface area contributed by atoms with E-state index in [-0.39, 0.29) is 12.0 Å². The number of rotatable bonds is 3. The van der Waals surface area contributed by atoms with Crippen LogP contribution in [0.15, 0.2) is 11.6 Å². The van der Waals surface area contributed by atoms with Gasteiger partial charge in [0.15, 0.2) is 0 Å². The quantitative estimate of drug-likeness (QED) is 0.531. The molecule has 0 aromatic rings. The van der Waals surface area contributed by atoms with E-state index in [2.05, 4.69) is 10.8 Å². The highest BCUT2D eigenvalue weighted by Crippen LogP contribution is 2.20. The highest BCUT2D eigenvalue weighted by molar-refractivity contribution is 5.70. The van der Waals surface area contributed by atoms with E-state index in [0.29, 0.717) is 6.42 Å². The van der Waals surface area contributed by atoms with E-state index in [1.807, 2.05) is 0 Å². The first-order valence-electron chi connectivity index (χ1n) is 4.75. The summed E-state index contributed by atoms with van der Waals surface area (Å²) < 4.78 is 4.57. The molecular formula is C10H17NO2. The molecule has 2 N–H and O–H groups in total. The average Bonchev–Trinajstić information content (AvgIpc) is 2.19. The maximum absolute atomic E-state index is 10.9. The smallest absolute Gasteiger partial charge is 0.307 e. The van der Waals surface area contributed by atoms with Gasteiger partial charge in [0.05, 0.1) is 13.5 Å². The van der Waals surface area contributed by atoms with Gasteiger partial charge in [0.1, 0.15) is 0 Å². The number of allylic oxidation sites excluding steroid dienone is 1. The second-order valence-corrected chi connectivity index (χ2v) is 3.41. The zero-order valence-corrected chi connectivity index (χ0v) is 8.08. The second kappa shape index (κ2) is 5.02. The van der Waals surface area contributed by atoms with Crippen molar-refractivity contribution in [3.05, 3.63) is 11.6 Å². The van der Waals surface area contributed by atoms with Crippen molar-refractivity contribution in [3.63, 3.8) is 0 Å². The number of carbonyl (C=O) groups excluding carboxylic acids is 1. The summed E-state index contributed by atoms with van der Waals surface area (Å²) in [5, 5.41) is 0. The first-order chi connectivity index (χ1) is 6.24. The molecule has 1 atom stereocenters. The first-order valence-corrected chi connectivity index (χ1v) is 4.75. The van der Waals surface area contributed by atoms with Crippen LogP contribution in [-0.2, 0) is 9.53 Å². The Balaban J connectivity index is 2.41. The number of esters is 1. The van der Waals surface area contributed by atoms with E-state index in [1.54, 1.807) is 0 Å². The van der Waals surface area contributed by atoms with Gasteiger partial charge in [-0.25, -0.2) is 0 Å². The minimum Gasteiger partial charge on any atom is -0.469 e. The Bertz CT molecular complexity index is 211. The molecule has 0 heterocycles. The minimum atomic E-state index is -0.223. The highest BCUT2D eigenvalue weighted by Gasteiger charge is 2.15. The van der Waals surface area contributed by atoms with Gasteiger partial charge < -0.3 is 10.5 Å². The summed E-state index contributed by atoms with van der Waals surface area (Å²) in [5.41, 5.74) is 7.07. The molecular weight excluding hydrogens is 166 g/mol. The zero-order valence-electron chi connectivity index (χ0n) is 8.08. The normalized spacial score (nSPS) is 19.1. The third-order valence-corrected chi connectivity index (χ3v) is 2.42. The molecule has 0 aromatic carbocycles. The summed E-state index contributed by atoms with van der Waals surface area (Å²) in [6, 6.07) is -0.132. The minimum absolute atomic E-state index is 0.132. The van der Waals surface area contributed by atoms with Gasteiger partial charge in [0.2, 0.25) is 0 Å². The molecule has 3 nitrogen and oxygen atoms in total. The van der Waals surface area contributed by atoms with Gasteiger partial charge in [-0.3, -0.25) is 4.79 Å². The Kier molecular flexibility index (Phi) is 3.96. The van der Waals surface area contributed by atoms with Gasteiger partial charge in [-0.15, -0.1) is 0 Å². The predicted molar refractivity (Wildman–Crippen MR) is 51.2 cm³/mol. The fourth-order valence-corrected chi connectivity index (χ4v) is 1.59. The lowest BCUT2D eigenvalue weighted by molar-refractivity contribution is -0.140. The number of hydrogen-bond donors (Lipinski definition) is 1. The van der Waals surface area contributed by atoms with Crippen molar-refractivity contribution in [2.24, 2.45) is 5.73 Å². The molecule has 0 bridgehead atoms. The molecule has 74 valence electrons. The lowest BCUT2D eigenvalue weighted by Crippen LogP contribution is -2.27. The molecule has 0 aromatic heterocycles. The third-order valence-electron chi connectivity index (χ3n) is 2.42. The molecule has 1 rings (SSSR count). The molecule has 13 heavy (non-hydrogen) atoms. The number of ether oxygens (including phenoxy) is 1. The van der Waals surface area contributed by atoms with E-state index >= 15 is 0 Å². The van der Waals surface area contributed by atoms with Crippen LogP contribution < -0.4 is 5.73 Å². The van der Waals surface area contributed by atoms with Crippen LogP contribution in [0.1, 0.15) is 32.1 Å². The van der Waals surface area contributed by atoms with Crippen LogP contribution >= 0.6 is 0 Å². The Labute approximate surface area is 78.9 Å². The summed E-state index contributed by atoms with van der Waals surface area (Å²) >= 11 is 0. The van der Waals surface area contributed by atoms with Gasteiger partial charge in [-0.1, -0.05) is 11.6 Å². The van der Waals surface area contributed by atoms with Crippen molar-refractivity contribution in [3.8, 4) is 0 Å². The molecule has 0 saturated carbocycles. The molecule has 0 radical (unpaired) electrons. The fourth-order valence-electron chi connectivity index (χ4n) is 1.59. The summed E-state index contributed by atoms with van der Waals surface area (Å²) in [4.78, 5) is 10.9. The summed E-state index contributed by atoms with van der Waals surface area (Å²) in [7, 11) is 1.39. The maximum atomic E-state index is 10.9. The lowest BCUT2D eigenvalue weighted by atomic mass is 9.93. The Morgan fingerprint density at radius 1 is 1.69 bits per heavy atom. The Hall–Kier alpha value is -0.830. The molecule has 0 saturated heterocycles. The number of hydrogen-bond acceptors (Lipinski definition) is 3. The van der Waals surface area contributed by atoms with Crippen LogP contribution in [0, 0.1) is 0 Å². The van der Waals surface area contributed by atoms with Crippen molar-refractivity contribution in [1.29, 1.82) is 0 Å². The second-order valence-electron chi connectivity index (χ2n) is 3.41. The lowest BCUT2D eigenvalue weighted by Gasteiger charge is -2.18. The van der Waals surface area contributed by atoms with Crippen LogP contribution in [0.5, 0.6) is 0 Å². The van der Waals surface area contributed by atoms with E-state index in [0.717, 1.165) is 12.8 Å². The third kappa shape index (κ3) is 3.19. The van der Waals surface area contributed by atoms with Crippen LogP contribution in [0.4, 0.5) is 0 Å². The summed E-state index contributed by atoms with van der Waals surface area (Å²) in [5.74, 6) is -0.223. The van der Waals surface area contributed by atoms with Gasteiger partial charge >= 0.3 is 5.97 Å². The van der Waals surface area contributed by atoms with Gasteiger partial charge in [0.25, 0.3) is 0 Å². The molecule has 0 aliphatic heterocycles. The van der Waals surface area contributed by atoms with E-state index in [9.17, 15) is 4.79 Å². The van der Waals surface area contributed by atoms with Crippen LogP contribution in [-0.4, -0.2) is 19.1 Å². The first kappa shape index (κ1) is 10.3. The molecule has 1 aliphatic carbocycles. The SMILES string of the molecule is COC(=O)CC(N)C1=CCCCC1. The predicted octanol–water partition coefficient (Wildman–Crippen LogP) is 1.38. The van der Waals surface area contributed by atoms with E-state index in [1.165, 1.54) is 25.5 Å². The van der Waals surface area contributed by atoms with Crippen LogP contribution in [0.3, 0.4) is 0 Å². The topological polar surface area (TPSA) is 52.3 Å². The monoisotopic (exact) mass is 183 g/mol. The van der Waals surface area contributed by atoms with Crippen molar-refractivity contribution in [2.75, 3.05) is 7.11 Å². The molecule has 1 aliphatic rings. The molecule has 0 spiro atoms. The number of methoxy groups -OCH3 is 1. The van der Waals surface area contributed by atoms with Crippen molar-refractivity contribution in [1.82, 2.24) is 0 Å². The number of carbonyl (C=O) groups is 1. The molecule has 0 amide bonds. The fraction of sp³-hybridized carbons (Fsp3) is 0.700. The van der Waals surface area contributed by atoms with Gasteiger partial charge in [-0.05, 0) is 25.7 Å². The Morgan fingerprint density at radius 2 is 2.46 bits per heavy atom. The van der Waals surface area contributed by atoms with E-state index in [4.69, 9.17) is 5.73 Å². The Morgan fingerprint density at radius 3 is 3.00 bits per heavy atom. The molecule has 1 unspecified atom stereocenters. The van der Waals surface area contributed by atoms with Gasteiger partial charge in [0, 0.05) is 6.04 Å². The summed E-state index contributed by atoms with van der Waals surface area (Å²) in [6.45, 7) is 0. The average molecular weight is 183 g/mol. The molecule has 3 heteroatoms. The van der Waals surface area contributed by atoms with Crippen molar-refractivity contribution < 1.29 is 9.53 Å². The standard InChI is InChI=1S/C10H17NO2/c1-13-10(12)7-9(11)8-5-3-2-4-6-8/h5,9H,2-4,6-7,11H2,1H3. The highest BCUT2D eigenvalue weighted by atomic mass is 16.5. The van der Waals surface area contributed by atoms with Crippen molar-refractivity contribution in [2.45, 2.75) is 38.1 Å². The number of nitrogens with two attached hydrogens (primary N) is 1. The van der Waals surface area contributed by atoms with Crippen molar-refractivity contribution >= 4 is 5.97 Å². The van der Waals surface area contributed by atoms with Crippen LogP contribution in [0.2, 0.25) is 0 Å². The van der Waals surface area contributed by atoms with E-state index < -0.39 is 0 Å². The zero-order chi connectivity index (χ0) is 9.68. The largest absolute Gasteiger partial charge is 0.469 e. The van der Waals surface area contributed by atoms with Crippen LogP contribution in [0.25, 0.3) is 0 Å². The maximum Gasteiger partial charge on any atom is 0.307 e. The molecule has 0 fully saturated rings. The van der Waals surface area contributed by atoms with Gasteiger partial charge in [-0.2, -0.15) is 0 Å².